The summed E-state index contributed by atoms with van der Waals surface area (Å²) < 4.78 is 5.38. The third-order valence-electron chi connectivity index (χ3n) is 1.60. The molecule has 2 heteroatoms. The van der Waals surface area contributed by atoms with Gasteiger partial charge in [0, 0.05) is 6.54 Å². The Bertz CT molecular complexity index is 282. The van der Waals surface area contributed by atoms with Crippen molar-refractivity contribution in [3.8, 4) is 5.75 Å². The van der Waals surface area contributed by atoms with Crippen LogP contribution in [0, 0.1) is 0 Å². The van der Waals surface area contributed by atoms with Crippen LogP contribution in [0.3, 0.4) is 0 Å². The molecule has 2 nitrogen and oxygen atoms in total. The number of benzene rings is 1. The number of nitrogens with two attached hydrogens (primary N) is 1. The van der Waals surface area contributed by atoms with E-state index in [1.807, 2.05) is 71.0 Å². The summed E-state index contributed by atoms with van der Waals surface area (Å²) >= 11 is 0. The van der Waals surface area contributed by atoms with E-state index in [4.69, 9.17) is 10.5 Å². The number of hydrogen-bond acceptors (Lipinski definition) is 2. The fourth-order valence-corrected chi connectivity index (χ4v) is 1.08. The summed E-state index contributed by atoms with van der Waals surface area (Å²) in [7, 11) is 0. The van der Waals surface area contributed by atoms with Crippen LogP contribution in [0.4, 0.5) is 0 Å². The smallest absolute Gasteiger partial charge is 0.119 e. The van der Waals surface area contributed by atoms with Gasteiger partial charge >= 0.3 is 0 Å². The summed E-state index contributed by atoms with van der Waals surface area (Å²) in [4.78, 5) is 0. The van der Waals surface area contributed by atoms with Gasteiger partial charge in [0.05, 0.1) is 0 Å². The van der Waals surface area contributed by atoms with Crippen molar-refractivity contribution in [2.75, 3.05) is 13.2 Å². The molecule has 0 saturated carbocycles. The van der Waals surface area contributed by atoms with Crippen molar-refractivity contribution in [3.05, 3.63) is 35.9 Å². The highest BCUT2D eigenvalue weighted by Gasteiger charge is 1.92. The molecule has 0 bridgehead atoms. The second-order valence-corrected chi connectivity index (χ2v) is 2.71. The maximum Gasteiger partial charge on any atom is 0.119 e. The Morgan fingerprint density at radius 3 is 2.35 bits per heavy atom. The third-order valence-corrected chi connectivity index (χ3v) is 1.60. The zero-order chi connectivity index (χ0) is 13.5. The topological polar surface area (TPSA) is 35.2 Å². The molecule has 0 amide bonds. The highest BCUT2D eigenvalue weighted by Crippen LogP contribution is 2.13. The second-order valence-electron chi connectivity index (χ2n) is 2.71. The van der Waals surface area contributed by atoms with E-state index in [0.29, 0.717) is 13.2 Å². The normalized spacial score (nSPS) is 8.82. The van der Waals surface area contributed by atoms with E-state index in [2.05, 4.69) is 0 Å². The first kappa shape index (κ1) is 18.1. The lowest BCUT2D eigenvalue weighted by Gasteiger charge is -2.04. The second kappa shape index (κ2) is 14.7. The minimum Gasteiger partial charge on any atom is -0.492 e. The Morgan fingerprint density at radius 2 is 1.82 bits per heavy atom. The minimum absolute atomic E-state index is 0.549. The lowest BCUT2D eigenvalue weighted by molar-refractivity contribution is 0.328. The van der Waals surface area contributed by atoms with Gasteiger partial charge < -0.3 is 10.5 Å². The molecule has 1 aromatic carbocycles. The van der Waals surface area contributed by atoms with Gasteiger partial charge in [-0.15, -0.1) is 0 Å². The van der Waals surface area contributed by atoms with Gasteiger partial charge in [0.25, 0.3) is 0 Å². The first-order valence-electron chi connectivity index (χ1n) is 6.42. The van der Waals surface area contributed by atoms with Crippen molar-refractivity contribution >= 4 is 6.08 Å². The van der Waals surface area contributed by atoms with Crippen LogP contribution >= 0.6 is 0 Å². The average molecular weight is 237 g/mol. The highest BCUT2D eigenvalue weighted by molar-refractivity contribution is 5.51. The standard InChI is InChI=1S/C11H15NO.2C2H6/c1-2-4-10-5-3-6-11(9-10)13-8-7-12;2*1-2/h2-6,9H,7-8,12H2,1H3;2*1-2H3/b4-2+;;. The van der Waals surface area contributed by atoms with Crippen molar-refractivity contribution in [1.29, 1.82) is 0 Å². The summed E-state index contributed by atoms with van der Waals surface area (Å²) in [5.41, 5.74) is 6.48. The molecule has 98 valence electrons. The summed E-state index contributed by atoms with van der Waals surface area (Å²) in [5, 5.41) is 0. The van der Waals surface area contributed by atoms with Crippen molar-refractivity contribution < 1.29 is 4.74 Å². The Hall–Kier alpha value is -1.28. The van der Waals surface area contributed by atoms with E-state index in [1.54, 1.807) is 0 Å². The molecule has 0 aliphatic rings. The van der Waals surface area contributed by atoms with Gasteiger partial charge in [-0.3, -0.25) is 0 Å². The molecule has 0 atom stereocenters. The van der Waals surface area contributed by atoms with E-state index >= 15 is 0 Å². The monoisotopic (exact) mass is 237 g/mol. The Kier molecular flexibility index (Phi) is 15.7. The summed E-state index contributed by atoms with van der Waals surface area (Å²) in [6.07, 6.45) is 4.04. The van der Waals surface area contributed by atoms with Gasteiger partial charge in [-0.05, 0) is 24.6 Å². The van der Waals surface area contributed by atoms with Crippen molar-refractivity contribution in [1.82, 2.24) is 0 Å². The van der Waals surface area contributed by atoms with E-state index in [-0.39, 0.29) is 0 Å². The number of rotatable bonds is 4. The van der Waals surface area contributed by atoms with Crippen molar-refractivity contribution in [2.24, 2.45) is 5.73 Å². The molecule has 1 aromatic rings. The number of allylic oxidation sites excluding steroid dienone is 1. The number of ether oxygens (including phenoxy) is 1. The van der Waals surface area contributed by atoms with Crippen LogP contribution in [0.2, 0.25) is 0 Å². The molecule has 2 N–H and O–H groups in total. The molecule has 0 spiro atoms. The largest absolute Gasteiger partial charge is 0.492 e. The summed E-state index contributed by atoms with van der Waals surface area (Å²) in [5.74, 6) is 0.876. The SMILES string of the molecule is C/C=C/c1cccc(OCCN)c1.CC.CC. The number of hydrogen-bond donors (Lipinski definition) is 1. The van der Waals surface area contributed by atoms with Gasteiger partial charge in [-0.25, -0.2) is 0 Å². The van der Waals surface area contributed by atoms with Gasteiger partial charge in [0.15, 0.2) is 0 Å². The predicted octanol–water partition coefficient (Wildman–Crippen LogP) is 4.11. The Labute approximate surface area is 106 Å². The van der Waals surface area contributed by atoms with Gasteiger partial charge in [-0.2, -0.15) is 0 Å². The van der Waals surface area contributed by atoms with Crippen LogP contribution in [0.25, 0.3) is 6.08 Å². The zero-order valence-electron chi connectivity index (χ0n) is 11.9. The molecule has 0 aromatic heterocycles. The summed E-state index contributed by atoms with van der Waals surface area (Å²) in [6, 6.07) is 7.94. The lowest BCUT2D eigenvalue weighted by atomic mass is 10.2. The fraction of sp³-hybridized carbons (Fsp3) is 0.467. The van der Waals surface area contributed by atoms with Crippen LogP contribution in [0.15, 0.2) is 30.3 Å². The van der Waals surface area contributed by atoms with Crippen LogP contribution in [0.1, 0.15) is 40.2 Å². The molecule has 0 heterocycles. The molecule has 0 aliphatic heterocycles. The molecule has 0 saturated heterocycles. The molecular formula is C15H27NO. The predicted molar refractivity (Wildman–Crippen MR) is 78.4 cm³/mol. The molecule has 17 heavy (non-hydrogen) atoms. The van der Waals surface area contributed by atoms with Crippen LogP contribution in [0.5, 0.6) is 5.75 Å². The molecule has 0 fully saturated rings. The van der Waals surface area contributed by atoms with Gasteiger partial charge in [-0.1, -0.05) is 52.0 Å². The van der Waals surface area contributed by atoms with Crippen LogP contribution < -0.4 is 10.5 Å². The summed E-state index contributed by atoms with van der Waals surface area (Å²) in [6.45, 7) is 11.1. The highest BCUT2D eigenvalue weighted by atomic mass is 16.5. The van der Waals surface area contributed by atoms with E-state index < -0.39 is 0 Å². The van der Waals surface area contributed by atoms with Crippen LogP contribution in [-0.4, -0.2) is 13.2 Å². The molecule has 1 rings (SSSR count). The maximum absolute atomic E-state index is 5.38. The maximum atomic E-state index is 5.38. The minimum atomic E-state index is 0.549. The molecule has 0 aliphatic carbocycles. The van der Waals surface area contributed by atoms with Crippen molar-refractivity contribution in [3.63, 3.8) is 0 Å². The van der Waals surface area contributed by atoms with Crippen molar-refractivity contribution in [2.45, 2.75) is 34.6 Å². The lowest BCUT2D eigenvalue weighted by Crippen LogP contribution is -2.10. The average Bonchev–Trinajstić information content (AvgIpc) is 2.42. The van der Waals surface area contributed by atoms with E-state index in [0.717, 1.165) is 11.3 Å². The van der Waals surface area contributed by atoms with Gasteiger partial charge in [0.1, 0.15) is 12.4 Å². The van der Waals surface area contributed by atoms with E-state index in [9.17, 15) is 0 Å². The molecule has 0 unspecified atom stereocenters. The first-order chi connectivity index (χ1) is 8.36. The third kappa shape index (κ3) is 9.64. The Morgan fingerprint density at radius 1 is 1.18 bits per heavy atom. The van der Waals surface area contributed by atoms with E-state index in [1.165, 1.54) is 0 Å². The fourth-order valence-electron chi connectivity index (χ4n) is 1.08. The zero-order valence-corrected chi connectivity index (χ0v) is 11.9. The quantitative estimate of drug-likeness (QED) is 0.855. The van der Waals surface area contributed by atoms with Gasteiger partial charge in [0.2, 0.25) is 0 Å². The Balaban J connectivity index is 0. The molecule has 0 radical (unpaired) electrons. The van der Waals surface area contributed by atoms with Crippen LogP contribution in [-0.2, 0) is 0 Å². The first-order valence-corrected chi connectivity index (χ1v) is 6.42. The molecular weight excluding hydrogens is 210 g/mol.